The lowest BCUT2D eigenvalue weighted by molar-refractivity contribution is 0.0695. The fourth-order valence-corrected chi connectivity index (χ4v) is 1.78. The van der Waals surface area contributed by atoms with E-state index in [9.17, 15) is 4.79 Å². The van der Waals surface area contributed by atoms with Crippen LogP contribution in [0.3, 0.4) is 0 Å². The van der Waals surface area contributed by atoms with Crippen LogP contribution in [-0.4, -0.2) is 21.0 Å². The van der Waals surface area contributed by atoms with Crippen molar-refractivity contribution in [2.24, 2.45) is 0 Å². The van der Waals surface area contributed by atoms with Crippen molar-refractivity contribution in [3.63, 3.8) is 0 Å². The minimum atomic E-state index is -0.971. The van der Waals surface area contributed by atoms with Gasteiger partial charge in [0.05, 0.1) is 11.3 Å². The Morgan fingerprint density at radius 3 is 2.62 bits per heavy atom. The molecule has 0 spiro atoms. The van der Waals surface area contributed by atoms with E-state index in [1.807, 2.05) is 0 Å². The van der Waals surface area contributed by atoms with Crippen molar-refractivity contribution in [3.8, 4) is 0 Å². The number of aromatic carboxylic acids is 1. The number of rotatable bonds is 1. The van der Waals surface area contributed by atoms with Gasteiger partial charge in [0, 0.05) is 5.39 Å². The summed E-state index contributed by atoms with van der Waals surface area (Å²) in [6.45, 7) is 3.40. The third-order valence-corrected chi connectivity index (χ3v) is 2.52. The maximum atomic E-state index is 11.1. The summed E-state index contributed by atoms with van der Waals surface area (Å²) in [7, 11) is 0. The van der Waals surface area contributed by atoms with Crippen molar-refractivity contribution < 1.29 is 9.90 Å². The molecule has 0 saturated carbocycles. The zero-order chi connectivity index (χ0) is 11.9. The lowest BCUT2D eigenvalue weighted by atomic mass is 10.0. The number of carboxylic acids is 1. The highest BCUT2D eigenvalue weighted by molar-refractivity contribution is 5.96. The summed E-state index contributed by atoms with van der Waals surface area (Å²) in [5, 5.41) is 9.80. The molecule has 2 heterocycles. The van der Waals surface area contributed by atoms with Crippen molar-refractivity contribution in [1.29, 1.82) is 0 Å². The maximum absolute atomic E-state index is 11.1. The molecule has 3 N–H and O–H groups in total. The van der Waals surface area contributed by atoms with Crippen molar-refractivity contribution in [1.82, 2.24) is 9.97 Å². The molecule has 0 amide bonds. The normalized spacial score (nSPS) is 10.6. The molecule has 0 bridgehead atoms. The second-order valence-electron chi connectivity index (χ2n) is 3.61. The van der Waals surface area contributed by atoms with E-state index in [0.29, 0.717) is 22.7 Å². The van der Waals surface area contributed by atoms with Gasteiger partial charge in [-0.15, -0.1) is 0 Å². The number of hydrogen-bond donors (Lipinski definition) is 2. The summed E-state index contributed by atoms with van der Waals surface area (Å²) in [5.41, 5.74) is 7.40. The molecule has 2 rings (SSSR count). The number of fused-ring (bicyclic) bond motifs is 1. The van der Waals surface area contributed by atoms with E-state index >= 15 is 0 Å². The molecule has 0 aliphatic carbocycles. The highest BCUT2D eigenvalue weighted by atomic mass is 16.4. The fourth-order valence-electron chi connectivity index (χ4n) is 1.78. The second kappa shape index (κ2) is 3.44. The van der Waals surface area contributed by atoms with Gasteiger partial charge in [0.2, 0.25) is 0 Å². The average molecular weight is 217 g/mol. The van der Waals surface area contributed by atoms with Gasteiger partial charge in [-0.1, -0.05) is 0 Å². The van der Waals surface area contributed by atoms with E-state index < -0.39 is 5.97 Å². The molecule has 5 heteroatoms. The minimum absolute atomic E-state index is 0.235. The van der Waals surface area contributed by atoms with Crippen LogP contribution in [-0.2, 0) is 0 Å². The van der Waals surface area contributed by atoms with Crippen LogP contribution in [0.25, 0.3) is 11.0 Å². The van der Waals surface area contributed by atoms with E-state index in [2.05, 4.69) is 9.97 Å². The summed E-state index contributed by atoms with van der Waals surface area (Å²) in [6, 6.07) is 3.38. The number of nitrogens with two attached hydrogens (primary N) is 1. The van der Waals surface area contributed by atoms with Gasteiger partial charge in [0.25, 0.3) is 0 Å². The topological polar surface area (TPSA) is 89.1 Å². The Bertz CT molecular complexity index is 593. The fraction of sp³-hybridized carbons (Fsp3) is 0.182. The number of aryl methyl sites for hydroxylation is 2. The van der Waals surface area contributed by atoms with E-state index in [-0.39, 0.29) is 5.56 Å². The average Bonchev–Trinajstić information content (AvgIpc) is 2.15. The number of carbonyl (C=O) groups is 1. The lowest BCUT2D eigenvalue weighted by Crippen LogP contribution is -2.06. The van der Waals surface area contributed by atoms with Gasteiger partial charge in [-0.2, -0.15) is 0 Å². The first-order chi connectivity index (χ1) is 7.50. The van der Waals surface area contributed by atoms with Crippen molar-refractivity contribution in [2.45, 2.75) is 13.8 Å². The maximum Gasteiger partial charge on any atom is 0.337 e. The zero-order valence-corrected chi connectivity index (χ0v) is 8.98. The van der Waals surface area contributed by atoms with E-state index in [1.165, 1.54) is 0 Å². The second-order valence-corrected chi connectivity index (χ2v) is 3.61. The van der Waals surface area contributed by atoms with Gasteiger partial charge in [-0.05, 0) is 31.5 Å². The van der Waals surface area contributed by atoms with Crippen molar-refractivity contribution in [2.75, 3.05) is 5.73 Å². The standard InChI is InChI=1S/C11H11N3O2/c1-5-7-3-4-8(12)14-10(7)13-6(2)9(5)11(15)16/h3-4H,1-2H3,(H,15,16)(H2,12,13,14). The smallest absolute Gasteiger partial charge is 0.337 e. The molecule has 2 aromatic rings. The number of anilines is 1. The summed E-state index contributed by atoms with van der Waals surface area (Å²) in [4.78, 5) is 19.3. The van der Waals surface area contributed by atoms with Crippen LogP contribution in [0, 0.1) is 13.8 Å². The van der Waals surface area contributed by atoms with Gasteiger partial charge in [-0.25, -0.2) is 14.8 Å². The SMILES string of the molecule is Cc1nc2nc(N)ccc2c(C)c1C(=O)O. The van der Waals surface area contributed by atoms with Crippen molar-refractivity contribution >= 4 is 22.8 Å². The largest absolute Gasteiger partial charge is 0.478 e. The molecule has 0 aliphatic heterocycles. The summed E-state index contributed by atoms with van der Waals surface area (Å²) >= 11 is 0. The van der Waals surface area contributed by atoms with E-state index in [0.717, 1.165) is 5.39 Å². The number of aromatic nitrogens is 2. The molecule has 0 aliphatic rings. The highest BCUT2D eigenvalue weighted by Gasteiger charge is 2.15. The quantitative estimate of drug-likeness (QED) is 0.756. The first-order valence-electron chi connectivity index (χ1n) is 4.77. The number of carboxylic acid groups (broad SMARTS) is 1. The number of pyridine rings is 2. The molecule has 2 aromatic heterocycles. The molecular formula is C11H11N3O2. The molecule has 82 valence electrons. The number of hydrogen-bond acceptors (Lipinski definition) is 4. The first-order valence-corrected chi connectivity index (χ1v) is 4.77. The minimum Gasteiger partial charge on any atom is -0.478 e. The molecule has 0 aromatic carbocycles. The summed E-state index contributed by atoms with van der Waals surface area (Å²) in [6.07, 6.45) is 0. The van der Waals surface area contributed by atoms with E-state index in [1.54, 1.807) is 26.0 Å². The van der Waals surface area contributed by atoms with E-state index in [4.69, 9.17) is 10.8 Å². The van der Waals surface area contributed by atoms with Crippen LogP contribution >= 0.6 is 0 Å². The third-order valence-electron chi connectivity index (χ3n) is 2.52. The van der Waals surface area contributed by atoms with Gasteiger partial charge in [0.15, 0.2) is 5.65 Å². The molecule has 0 atom stereocenters. The Morgan fingerprint density at radius 2 is 2.00 bits per heavy atom. The van der Waals surface area contributed by atoms with Crippen LogP contribution in [0.15, 0.2) is 12.1 Å². The van der Waals surface area contributed by atoms with Crippen LogP contribution in [0.2, 0.25) is 0 Å². The molecule has 0 fully saturated rings. The van der Waals surface area contributed by atoms with Gasteiger partial charge in [-0.3, -0.25) is 0 Å². The van der Waals surface area contributed by atoms with Crippen molar-refractivity contribution in [3.05, 3.63) is 29.0 Å². The van der Waals surface area contributed by atoms with Gasteiger partial charge >= 0.3 is 5.97 Å². The Kier molecular flexibility index (Phi) is 2.23. The Morgan fingerprint density at radius 1 is 1.31 bits per heavy atom. The monoisotopic (exact) mass is 217 g/mol. The van der Waals surface area contributed by atoms with Crippen LogP contribution < -0.4 is 5.73 Å². The van der Waals surface area contributed by atoms with Crippen LogP contribution in [0.5, 0.6) is 0 Å². The Hall–Kier alpha value is -2.17. The predicted octanol–water partition coefficient (Wildman–Crippen LogP) is 1.53. The lowest BCUT2D eigenvalue weighted by Gasteiger charge is -2.08. The van der Waals surface area contributed by atoms with Crippen LogP contribution in [0.1, 0.15) is 21.6 Å². The van der Waals surface area contributed by atoms with Crippen LogP contribution in [0.4, 0.5) is 5.82 Å². The predicted molar refractivity (Wildman–Crippen MR) is 60.4 cm³/mol. The number of nitrogens with zero attached hydrogens (tertiary/aromatic N) is 2. The van der Waals surface area contributed by atoms with Gasteiger partial charge in [0.1, 0.15) is 5.82 Å². The highest BCUT2D eigenvalue weighted by Crippen LogP contribution is 2.22. The Labute approximate surface area is 91.9 Å². The molecule has 5 nitrogen and oxygen atoms in total. The molecule has 16 heavy (non-hydrogen) atoms. The third kappa shape index (κ3) is 1.46. The summed E-state index contributed by atoms with van der Waals surface area (Å²) < 4.78 is 0. The molecule has 0 saturated heterocycles. The number of nitrogen functional groups attached to an aromatic ring is 1. The molecule has 0 unspecified atom stereocenters. The van der Waals surface area contributed by atoms with Gasteiger partial charge < -0.3 is 10.8 Å². The molecule has 0 radical (unpaired) electrons. The summed E-state index contributed by atoms with van der Waals surface area (Å²) in [5.74, 6) is -0.594. The molecular weight excluding hydrogens is 206 g/mol. The zero-order valence-electron chi connectivity index (χ0n) is 8.98. The first kappa shape index (κ1) is 10.4. The Balaban J connectivity index is 2.89.